The van der Waals surface area contributed by atoms with Crippen molar-refractivity contribution in [2.45, 2.75) is 32.3 Å². The highest BCUT2D eigenvalue weighted by Gasteiger charge is 2.36. The molecule has 184 valence electrons. The number of benzene rings is 3. The van der Waals surface area contributed by atoms with Gasteiger partial charge in [0.2, 0.25) is 11.2 Å². The molecule has 1 atom stereocenters. The number of para-hydroxylation sites is 1. The lowest BCUT2D eigenvalue weighted by Gasteiger charge is -2.27. The Morgan fingerprint density at radius 2 is 1.69 bits per heavy atom. The molecular formula is C27H22O9. The third-order valence-corrected chi connectivity index (χ3v) is 5.96. The molecule has 5 rings (SSSR count). The van der Waals surface area contributed by atoms with Crippen LogP contribution in [0.4, 0.5) is 0 Å². The number of phenolic OH excluding ortho intramolecular Hbond substituents is 3. The van der Waals surface area contributed by atoms with Gasteiger partial charge in [-0.2, -0.15) is 0 Å². The molecule has 0 amide bonds. The fourth-order valence-corrected chi connectivity index (χ4v) is 4.44. The third-order valence-electron chi connectivity index (χ3n) is 5.96. The van der Waals surface area contributed by atoms with Crippen LogP contribution in [0.2, 0.25) is 0 Å². The predicted molar refractivity (Wildman–Crippen MR) is 129 cm³/mol. The van der Waals surface area contributed by atoms with E-state index in [1.54, 1.807) is 24.3 Å². The lowest BCUT2D eigenvalue weighted by Crippen LogP contribution is -2.23. The van der Waals surface area contributed by atoms with E-state index in [0.29, 0.717) is 16.9 Å². The zero-order valence-corrected chi connectivity index (χ0v) is 19.3. The molecule has 1 aliphatic rings. The normalized spacial score (nSPS) is 15.1. The summed E-state index contributed by atoms with van der Waals surface area (Å²) < 4.78 is 17.4. The van der Waals surface area contributed by atoms with Crippen molar-refractivity contribution in [1.29, 1.82) is 0 Å². The molecule has 0 radical (unpaired) electrons. The van der Waals surface area contributed by atoms with Crippen LogP contribution < -0.4 is 14.9 Å². The molecule has 0 bridgehead atoms. The number of hydrogen-bond acceptors (Lipinski definition) is 9. The number of phenols is 3. The largest absolute Gasteiger partial charge is 0.507 e. The first-order valence-corrected chi connectivity index (χ1v) is 11.2. The molecule has 1 aliphatic heterocycles. The van der Waals surface area contributed by atoms with E-state index in [1.807, 2.05) is 13.8 Å². The molecule has 36 heavy (non-hydrogen) atoms. The fraction of sp³-hybridized carbons (Fsp3) is 0.185. The van der Waals surface area contributed by atoms with Crippen molar-refractivity contribution in [3.05, 3.63) is 69.9 Å². The van der Waals surface area contributed by atoms with E-state index in [0.717, 1.165) is 12.1 Å². The second-order valence-electron chi connectivity index (χ2n) is 8.76. The van der Waals surface area contributed by atoms with Crippen LogP contribution in [0.3, 0.4) is 0 Å². The van der Waals surface area contributed by atoms with E-state index in [9.17, 15) is 30.0 Å². The Kier molecular flexibility index (Phi) is 5.47. The van der Waals surface area contributed by atoms with Crippen LogP contribution in [0.5, 0.6) is 34.5 Å². The zero-order valence-electron chi connectivity index (χ0n) is 19.3. The van der Waals surface area contributed by atoms with Gasteiger partial charge in [0.15, 0.2) is 17.3 Å². The van der Waals surface area contributed by atoms with Crippen molar-refractivity contribution in [3.8, 4) is 45.8 Å². The van der Waals surface area contributed by atoms with E-state index >= 15 is 0 Å². The number of rotatable bonds is 4. The van der Waals surface area contributed by atoms with Gasteiger partial charge in [-0.05, 0) is 38.1 Å². The van der Waals surface area contributed by atoms with Gasteiger partial charge in [-0.15, -0.1) is 0 Å². The summed E-state index contributed by atoms with van der Waals surface area (Å²) in [5, 5.41) is 40.6. The summed E-state index contributed by atoms with van der Waals surface area (Å²) in [6.45, 7) is 3.74. The number of aromatic hydroxyl groups is 4. The minimum atomic E-state index is -0.915. The first-order chi connectivity index (χ1) is 17.2. The van der Waals surface area contributed by atoms with Gasteiger partial charge in [0, 0.05) is 28.7 Å². The topological polar surface area (TPSA) is 147 Å². The van der Waals surface area contributed by atoms with E-state index in [1.165, 1.54) is 12.1 Å². The molecule has 0 aliphatic carbocycles. The minimum Gasteiger partial charge on any atom is -0.507 e. The van der Waals surface area contributed by atoms with Gasteiger partial charge in [0.25, 0.3) is 0 Å². The van der Waals surface area contributed by atoms with Crippen molar-refractivity contribution < 1.29 is 39.1 Å². The molecule has 1 unspecified atom stereocenters. The second kappa shape index (κ2) is 8.53. The molecule has 4 N–H and O–H groups in total. The first-order valence-electron chi connectivity index (χ1n) is 11.2. The number of esters is 1. The van der Waals surface area contributed by atoms with Gasteiger partial charge in [0.1, 0.15) is 28.2 Å². The van der Waals surface area contributed by atoms with Crippen molar-refractivity contribution in [2.75, 3.05) is 0 Å². The Morgan fingerprint density at radius 3 is 2.42 bits per heavy atom. The highest BCUT2D eigenvalue weighted by Crippen LogP contribution is 2.48. The third kappa shape index (κ3) is 3.74. The van der Waals surface area contributed by atoms with Crippen molar-refractivity contribution in [1.82, 2.24) is 0 Å². The molecule has 4 aromatic rings. The molecule has 0 saturated heterocycles. The molecular weight excluding hydrogens is 468 g/mol. The number of ether oxygens (including phenoxy) is 2. The summed E-state index contributed by atoms with van der Waals surface area (Å²) in [6, 6.07) is 11.9. The molecule has 0 saturated carbocycles. The van der Waals surface area contributed by atoms with Gasteiger partial charge >= 0.3 is 5.97 Å². The molecule has 9 nitrogen and oxygen atoms in total. The standard InChI is InChI=1S/C27H22O9/c1-12(2)34-19-6-4-3-5-14(19)15-10-21(31)35-20-11-18(30)23-24(32)25(33)26(36-27(23)22(15)20)13-7-8-16(28)17(29)9-13/h3-9,11-12,15,28-30,33H,10H2,1-2H3. The predicted octanol–water partition coefficient (Wildman–Crippen LogP) is 4.51. The molecule has 3 aromatic carbocycles. The number of carbonyl (C=O) groups is 1. The average molecular weight is 490 g/mol. The first kappa shape index (κ1) is 23.1. The SMILES string of the molecule is CC(C)Oc1ccccc1C1CC(=O)Oc2cc(O)c3c(=O)c(O)c(-c4ccc(O)c(O)c4)oc3c21. The van der Waals surface area contributed by atoms with E-state index in [4.69, 9.17) is 13.9 Å². The Balaban J connectivity index is 1.84. The van der Waals surface area contributed by atoms with E-state index < -0.39 is 40.3 Å². The van der Waals surface area contributed by atoms with Crippen molar-refractivity contribution in [2.24, 2.45) is 0 Å². The summed E-state index contributed by atoms with van der Waals surface area (Å²) in [6.07, 6.45) is -0.244. The van der Waals surface area contributed by atoms with Gasteiger partial charge in [-0.3, -0.25) is 9.59 Å². The highest BCUT2D eigenvalue weighted by atomic mass is 16.5. The summed E-state index contributed by atoms with van der Waals surface area (Å²) >= 11 is 0. The quantitative estimate of drug-likeness (QED) is 0.184. The molecule has 0 spiro atoms. The Bertz CT molecular complexity index is 1580. The molecule has 1 aromatic heterocycles. The number of hydrogen-bond donors (Lipinski definition) is 4. The van der Waals surface area contributed by atoms with Gasteiger partial charge in [-0.1, -0.05) is 18.2 Å². The summed E-state index contributed by atoms with van der Waals surface area (Å²) in [7, 11) is 0. The molecule has 0 fully saturated rings. The van der Waals surface area contributed by atoms with Crippen LogP contribution in [-0.2, 0) is 4.79 Å². The second-order valence-corrected chi connectivity index (χ2v) is 8.76. The Labute approximate surface area is 204 Å². The maximum Gasteiger partial charge on any atom is 0.312 e. The van der Waals surface area contributed by atoms with Gasteiger partial charge in [0.05, 0.1) is 12.5 Å². The molecule has 9 heteroatoms. The van der Waals surface area contributed by atoms with Crippen LogP contribution in [-0.4, -0.2) is 32.5 Å². The Hall–Kier alpha value is -4.66. The maximum atomic E-state index is 13.2. The minimum absolute atomic E-state index is 0.00828. The fourth-order valence-electron chi connectivity index (χ4n) is 4.44. The summed E-state index contributed by atoms with van der Waals surface area (Å²) in [5.41, 5.74) is 0.0691. The Morgan fingerprint density at radius 1 is 0.944 bits per heavy atom. The maximum absolute atomic E-state index is 13.2. The molecule has 2 heterocycles. The van der Waals surface area contributed by atoms with Crippen LogP contribution >= 0.6 is 0 Å². The number of fused-ring (bicyclic) bond motifs is 3. The smallest absolute Gasteiger partial charge is 0.312 e. The van der Waals surface area contributed by atoms with Crippen LogP contribution in [0.15, 0.2) is 57.7 Å². The lowest BCUT2D eigenvalue weighted by atomic mass is 9.84. The average Bonchev–Trinajstić information content (AvgIpc) is 2.82. The van der Waals surface area contributed by atoms with Crippen LogP contribution in [0.25, 0.3) is 22.3 Å². The van der Waals surface area contributed by atoms with Crippen molar-refractivity contribution >= 4 is 16.9 Å². The number of carbonyl (C=O) groups excluding carboxylic acids is 1. The van der Waals surface area contributed by atoms with E-state index in [2.05, 4.69) is 0 Å². The van der Waals surface area contributed by atoms with Gasteiger partial charge < -0.3 is 34.3 Å². The monoisotopic (exact) mass is 490 g/mol. The summed E-state index contributed by atoms with van der Waals surface area (Å²) in [5.74, 6) is -3.17. The zero-order chi connectivity index (χ0) is 25.7. The van der Waals surface area contributed by atoms with E-state index in [-0.39, 0.29) is 40.6 Å². The van der Waals surface area contributed by atoms with Gasteiger partial charge in [-0.25, -0.2) is 0 Å². The van der Waals surface area contributed by atoms with Crippen LogP contribution in [0, 0.1) is 0 Å². The highest BCUT2D eigenvalue weighted by molar-refractivity contribution is 5.94. The lowest BCUT2D eigenvalue weighted by molar-refractivity contribution is -0.135. The van der Waals surface area contributed by atoms with Crippen LogP contribution in [0.1, 0.15) is 37.3 Å². The summed E-state index contributed by atoms with van der Waals surface area (Å²) in [4.78, 5) is 25.7. The van der Waals surface area contributed by atoms with Crippen molar-refractivity contribution in [3.63, 3.8) is 0 Å².